The van der Waals surface area contributed by atoms with Gasteiger partial charge in [-0.25, -0.2) is 8.42 Å². The summed E-state index contributed by atoms with van der Waals surface area (Å²) in [5.41, 5.74) is 5.15. The Morgan fingerprint density at radius 3 is 2.83 bits per heavy atom. The average Bonchev–Trinajstić information content (AvgIpc) is 2.85. The molecule has 18 heavy (non-hydrogen) atoms. The number of carbonyl (C=O) groups is 1. The van der Waals surface area contributed by atoms with E-state index in [1.54, 1.807) is 13.0 Å². The first kappa shape index (κ1) is 13.5. The van der Waals surface area contributed by atoms with Gasteiger partial charge >= 0.3 is 0 Å². The fourth-order valence-corrected chi connectivity index (χ4v) is 4.90. The van der Waals surface area contributed by atoms with Crippen molar-refractivity contribution in [3.63, 3.8) is 0 Å². The molecule has 0 aromatic carbocycles. The topological polar surface area (TPSA) is 89.3 Å². The van der Waals surface area contributed by atoms with Gasteiger partial charge in [-0.05, 0) is 24.8 Å². The maximum atomic E-state index is 12.0. The predicted molar refractivity (Wildman–Crippen MR) is 71.1 cm³/mol. The van der Waals surface area contributed by atoms with Gasteiger partial charge in [-0.1, -0.05) is 6.07 Å². The number of hydrogen-bond acceptors (Lipinski definition) is 5. The van der Waals surface area contributed by atoms with Crippen LogP contribution in [0.5, 0.6) is 0 Å². The van der Waals surface area contributed by atoms with Crippen molar-refractivity contribution in [3.05, 3.63) is 22.4 Å². The van der Waals surface area contributed by atoms with Crippen LogP contribution in [0.4, 0.5) is 0 Å². The second kappa shape index (κ2) is 4.64. The molecule has 1 amide bonds. The first-order valence-corrected chi connectivity index (χ1v) is 8.33. The van der Waals surface area contributed by atoms with E-state index in [2.05, 4.69) is 5.32 Å². The lowest BCUT2D eigenvalue weighted by atomic mass is 10.0. The van der Waals surface area contributed by atoms with Gasteiger partial charge in [0.1, 0.15) is 6.04 Å². The Balaban J connectivity index is 2.04. The van der Waals surface area contributed by atoms with Gasteiger partial charge in [0, 0.05) is 4.88 Å². The zero-order valence-electron chi connectivity index (χ0n) is 10.0. The van der Waals surface area contributed by atoms with E-state index in [0.717, 1.165) is 4.88 Å². The maximum absolute atomic E-state index is 12.0. The van der Waals surface area contributed by atoms with Crippen LogP contribution in [0.3, 0.4) is 0 Å². The van der Waals surface area contributed by atoms with Gasteiger partial charge in [-0.2, -0.15) is 0 Å². The summed E-state index contributed by atoms with van der Waals surface area (Å²) in [4.78, 5) is 12.8. The van der Waals surface area contributed by atoms with Gasteiger partial charge in [-0.3, -0.25) is 4.79 Å². The summed E-state index contributed by atoms with van der Waals surface area (Å²) >= 11 is 1.41. The first-order valence-electron chi connectivity index (χ1n) is 5.63. The van der Waals surface area contributed by atoms with E-state index in [0.29, 0.717) is 6.42 Å². The Morgan fingerprint density at radius 2 is 2.33 bits per heavy atom. The van der Waals surface area contributed by atoms with Crippen LogP contribution in [0.2, 0.25) is 0 Å². The van der Waals surface area contributed by atoms with E-state index in [1.165, 1.54) is 11.3 Å². The summed E-state index contributed by atoms with van der Waals surface area (Å²) < 4.78 is 22.9. The van der Waals surface area contributed by atoms with Crippen LogP contribution >= 0.6 is 11.3 Å². The highest BCUT2D eigenvalue weighted by atomic mass is 32.2. The molecule has 1 fully saturated rings. The van der Waals surface area contributed by atoms with Crippen molar-refractivity contribution in [1.82, 2.24) is 5.32 Å². The molecule has 100 valence electrons. The molecule has 1 aromatic heterocycles. The van der Waals surface area contributed by atoms with Crippen molar-refractivity contribution in [1.29, 1.82) is 0 Å². The number of amides is 1. The minimum atomic E-state index is -3.03. The maximum Gasteiger partial charge on any atom is 0.242 e. The van der Waals surface area contributed by atoms with E-state index < -0.39 is 21.4 Å². The van der Waals surface area contributed by atoms with Crippen LogP contribution in [0.25, 0.3) is 0 Å². The van der Waals surface area contributed by atoms with Crippen LogP contribution in [0.15, 0.2) is 17.5 Å². The minimum Gasteiger partial charge on any atom is -0.348 e. The molecule has 2 unspecified atom stereocenters. The SMILES string of the molecule is CC1(NC(=O)C(N)c2cccs2)CCS(=O)(=O)C1. The van der Waals surface area contributed by atoms with E-state index in [-0.39, 0.29) is 17.4 Å². The highest BCUT2D eigenvalue weighted by Crippen LogP contribution is 2.24. The molecule has 2 atom stereocenters. The number of nitrogens with one attached hydrogen (secondary N) is 1. The third-order valence-corrected chi connectivity index (χ3v) is 5.92. The van der Waals surface area contributed by atoms with E-state index in [1.807, 2.05) is 11.4 Å². The molecular weight excluding hydrogens is 272 g/mol. The van der Waals surface area contributed by atoms with E-state index >= 15 is 0 Å². The van der Waals surface area contributed by atoms with Gasteiger partial charge < -0.3 is 11.1 Å². The van der Waals surface area contributed by atoms with Crippen molar-refractivity contribution in [3.8, 4) is 0 Å². The molecule has 2 heterocycles. The zero-order chi connectivity index (χ0) is 13.4. The highest BCUT2D eigenvalue weighted by Gasteiger charge is 2.40. The largest absolute Gasteiger partial charge is 0.348 e. The summed E-state index contributed by atoms with van der Waals surface area (Å²) in [6, 6.07) is 2.89. The summed E-state index contributed by atoms with van der Waals surface area (Å²) in [7, 11) is -3.03. The number of thiophene rings is 1. The molecule has 0 radical (unpaired) electrons. The van der Waals surface area contributed by atoms with Crippen LogP contribution in [-0.4, -0.2) is 31.4 Å². The standard InChI is InChI=1S/C11H16N2O3S2/c1-11(4-6-18(15,16)7-11)13-10(14)9(12)8-3-2-5-17-8/h2-3,5,9H,4,6-7,12H2,1H3,(H,13,14). The average molecular weight is 288 g/mol. The Kier molecular flexibility index (Phi) is 3.48. The van der Waals surface area contributed by atoms with Crippen molar-refractivity contribution in [2.24, 2.45) is 5.73 Å². The van der Waals surface area contributed by atoms with Gasteiger partial charge in [0.25, 0.3) is 0 Å². The fourth-order valence-electron chi connectivity index (χ4n) is 2.08. The molecule has 0 saturated carbocycles. The van der Waals surface area contributed by atoms with Crippen molar-refractivity contribution in [2.75, 3.05) is 11.5 Å². The van der Waals surface area contributed by atoms with Crippen LogP contribution in [0, 0.1) is 0 Å². The molecule has 3 N–H and O–H groups in total. The number of carbonyl (C=O) groups excluding carboxylic acids is 1. The fraction of sp³-hybridized carbons (Fsp3) is 0.545. The quantitative estimate of drug-likeness (QED) is 0.844. The number of nitrogens with two attached hydrogens (primary N) is 1. The molecular formula is C11H16N2O3S2. The lowest BCUT2D eigenvalue weighted by Gasteiger charge is -2.25. The molecule has 1 saturated heterocycles. The summed E-state index contributed by atoms with van der Waals surface area (Å²) in [6.45, 7) is 1.75. The molecule has 1 aliphatic rings. The second-order valence-electron chi connectivity index (χ2n) is 4.89. The number of rotatable bonds is 3. The molecule has 1 aliphatic heterocycles. The van der Waals surface area contributed by atoms with Crippen molar-refractivity contribution < 1.29 is 13.2 Å². The normalized spacial score (nSPS) is 27.9. The minimum absolute atomic E-state index is 0.0110. The van der Waals surface area contributed by atoms with Gasteiger partial charge in [0.15, 0.2) is 9.84 Å². The molecule has 1 aromatic rings. The third-order valence-electron chi connectivity index (χ3n) is 3.06. The zero-order valence-corrected chi connectivity index (χ0v) is 11.7. The molecule has 5 nitrogen and oxygen atoms in total. The number of hydrogen-bond donors (Lipinski definition) is 2. The van der Waals surface area contributed by atoms with Crippen LogP contribution in [0.1, 0.15) is 24.3 Å². The van der Waals surface area contributed by atoms with Crippen LogP contribution < -0.4 is 11.1 Å². The highest BCUT2D eigenvalue weighted by molar-refractivity contribution is 7.91. The monoisotopic (exact) mass is 288 g/mol. The lowest BCUT2D eigenvalue weighted by molar-refractivity contribution is -0.123. The molecule has 2 rings (SSSR count). The predicted octanol–water partition coefficient (Wildman–Crippen LogP) is 0.441. The molecule has 0 aliphatic carbocycles. The summed E-state index contributed by atoms with van der Waals surface area (Å²) in [6.07, 6.45) is 0.443. The van der Waals surface area contributed by atoms with Crippen LogP contribution in [-0.2, 0) is 14.6 Å². The van der Waals surface area contributed by atoms with E-state index in [9.17, 15) is 13.2 Å². The number of sulfone groups is 1. The van der Waals surface area contributed by atoms with Crippen molar-refractivity contribution in [2.45, 2.75) is 24.9 Å². The summed E-state index contributed by atoms with van der Waals surface area (Å²) in [5, 5.41) is 4.61. The third kappa shape index (κ3) is 2.90. The molecule has 0 bridgehead atoms. The first-order chi connectivity index (χ1) is 8.31. The second-order valence-corrected chi connectivity index (χ2v) is 8.05. The lowest BCUT2D eigenvalue weighted by Crippen LogP contribution is -2.49. The Labute approximate surface area is 110 Å². The van der Waals surface area contributed by atoms with Gasteiger partial charge in [0.2, 0.25) is 5.91 Å². The molecule has 0 spiro atoms. The van der Waals surface area contributed by atoms with E-state index in [4.69, 9.17) is 5.73 Å². The Morgan fingerprint density at radius 1 is 1.61 bits per heavy atom. The smallest absolute Gasteiger partial charge is 0.242 e. The Bertz CT molecular complexity index is 539. The summed E-state index contributed by atoms with van der Waals surface area (Å²) in [5.74, 6) is -0.210. The van der Waals surface area contributed by atoms with Gasteiger partial charge in [0.05, 0.1) is 17.0 Å². The van der Waals surface area contributed by atoms with Crippen molar-refractivity contribution >= 4 is 27.1 Å². The Hall–Kier alpha value is -0.920. The van der Waals surface area contributed by atoms with Gasteiger partial charge in [-0.15, -0.1) is 11.3 Å². The molecule has 7 heteroatoms.